The predicted molar refractivity (Wildman–Crippen MR) is 80.6 cm³/mol. The monoisotopic (exact) mass is 279 g/mol. The molecule has 1 N–H and O–H groups in total. The van der Waals surface area contributed by atoms with Crippen molar-refractivity contribution in [2.24, 2.45) is 5.41 Å². The lowest BCUT2D eigenvalue weighted by atomic mass is 9.58. The molecular weight excluding hydrogens is 253 g/mol. The highest BCUT2D eigenvalue weighted by Gasteiger charge is 2.54. The molecule has 2 nitrogen and oxygen atoms in total. The van der Waals surface area contributed by atoms with Crippen LogP contribution in [0.2, 0.25) is 0 Å². The number of benzene rings is 1. The van der Waals surface area contributed by atoms with Crippen LogP contribution < -0.4 is 10.1 Å². The molecule has 1 aliphatic rings. The summed E-state index contributed by atoms with van der Waals surface area (Å²) in [5.41, 5.74) is 0.773. The maximum absolute atomic E-state index is 14.1. The lowest BCUT2D eigenvalue weighted by Gasteiger charge is -2.55. The normalized spacial score (nSPS) is 24.2. The zero-order chi connectivity index (χ0) is 14.8. The molecule has 1 aromatic carbocycles. The van der Waals surface area contributed by atoms with Gasteiger partial charge in [0.2, 0.25) is 0 Å². The lowest BCUT2D eigenvalue weighted by Crippen LogP contribution is -2.64. The molecule has 0 aromatic heterocycles. The number of ether oxygens (including phenoxy) is 1. The van der Waals surface area contributed by atoms with E-state index in [9.17, 15) is 4.39 Å². The van der Waals surface area contributed by atoms with E-state index in [1.165, 1.54) is 0 Å². The highest BCUT2D eigenvalue weighted by Crippen LogP contribution is 2.49. The smallest absolute Gasteiger partial charge is 0.167 e. The Morgan fingerprint density at radius 1 is 1.30 bits per heavy atom. The Bertz CT molecular complexity index is 456. The number of hydrogen-bond acceptors (Lipinski definition) is 2. The molecule has 0 spiro atoms. The van der Waals surface area contributed by atoms with Crippen LogP contribution in [0.1, 0.15) is 45.6 Å². The number of halogens is 1. The summed E-state index contributed by atoms with van der Waals surface area (Å²) in [5.74, 6) is 0.178. The maximum atomic E-state index is 14.1. The molecule has 0 radical (unpaired) electrons. The van der Waals surface area contributed by atoms with Crippen LogP contribution in [0.15, 0.2) is 18.2 Å². The van der Waals surface area contributed by atoms with Crippen molar-refractivity contribution < 1.29 is 9.13 Å². The number of hydrogen-bond donors (Lipinski definition) is 1. The van der Waals surface area contributed by atoms with Crippen LogP contribution in [0, 0.1) is 18.2 Å². The van der Waals surface area contributed by atoms with Gasteiger partial charge in [-0.15, -0.1) is 0 Å². The molecule has 112 valence electrons. The molecule has 1 saturated carbocycles. The highest BCUT2D eigenvalue weighted by molar-refractivity contribution is 5.31. The molecule has 1 fully saturated rings. The van der Waals surface area contributed by atoms with Crippen LogP contribution in [0.25, 0.3) is 0 Å². The first kappa shape index (κ1) is 15.3. The van der Waals surface area contributed by atoms with Gasteiger partial charge < -0.3 is 10.1 Å². The van der Waals surface area contributed by atoms with Gasteiger partial charge in [0.25, 0.3) is 0 Å². The zero-order valence-electron chi connectivity index (χ0n) is 13.0. The molecule has 1 aromatic rings. The third-order valence-electron chi connectivity index (χ3n) is 4.98. The van der Waals surface area contributed by atoms with Crippen LogP contribution >= 0.6 is 0 Å². The largest absolute Gasteiger partial charge is 0.487 e. The third-order valence-corrected chi connectivity index (χ3v) is 4.98. The van der Waals surface area contributed by atoms with Crippen LogP contribution in [0.5, 0.6) is 5.75 Å². The topological polar surface area (TPSA) is 21.3 Å². The zero-order valence-corrected chi connectivity index (χ0v) is 13.0. The molecule has 3 heteroatoms. The first-order chi connectivity index (χ1) is 9.58. The second-order valence-corrected chi connectivity index (χ2v) is 5.78. The fourth-order valence-corrected chi connectivity index (χ4v) is 3.51. The van der Waals surface area contributed by atoms with Crippen molar-refractivity contribution in [2.75, 3.05) is 6.54 Å². The summed E-state index contributed by atoms with van der Waals surface area (Å²) in [4.78, 5) is 0. The Hall–Kier alpha value is -1.09. The van der Waals surface area contributed by atoms with Gasteiger partial charge in [-0.25, -0.2) is 4.39 Å². The van der Waals surface area contributed by atoms with Crippen molar-refractivity contribution in [2.45, 2.75) is 59.1 Å². The van der Waals surface area contributed by atoms with Crippen molar-refractivity contribution in [3.63, 3.8) is 0 Å². The van der Waals surface area contributed by atoms with Crippen LogP contribution in [-0.2, 0) is 0 Å². The van der Waals surface area contributed by atoms with Crippen LogP contribution in [0.3, 0.4) is 0 Å². The van der Waals surface area contributed by atoms with E-state index in [-0.39, 0.29) is 17.3 Å². The summed E-state index contributed by atoms with van der Waals surface area (Å²) < 4.78 is 20.1. The average molecular weight is 279 g/mol. The fourth-order valence-electron chi connectivity index (χ4n) is 3.51. The Balaban J connectivity index is 2.15. The van der Waals surface area contributed by atoms with E-state index in [1.807, 2.05) is 6.07 Å². The minimum Gasteiger partial charge on any atom is -0.487 e. The van der Waals surface area contributed by atoms with Crippen LogP contribution in [-0.4, -0.2) is 18.7 Å². The van der Waals surface area contributed by atoms with Gasteiger partial charge in [0, 0.05) is 17.9 Å². The van der Waals surface area contributed by atoms with E-state index in [1.54, 1.807) is 19.1 Å². The fraction of sp³-hybridized carbons (Fsp3) is 0.647. The van der Waals surface area contributed by atoms with Crippen molar-refractivity contribution >= 4 is 0 Å². The van der Waals surface area contributed by atoms with Gasteiger partial charge in [-0.2, -0.15) is 0 Å². The molecule has 0 heterocycles. The minimum absolute atomic E-state index is 0.109. The Morgan fingerprint density at radius 2 is 2.00 bits per heavy atom. The van der Waals surface area contributed by atoms with Gasteiger partial charge in [-0.1, -0.05) is 32.9 Å². The number of aryl methyl sites for hydroxylation is 1. The summed E-state index contributed by atoms with van der Waals surface area (Å²) in [7, 11) is 0. The Labute approximate surface area is 121 Å². The van der Waals surface area contributed by atoms with Crippen molar-refractivity contribution in [3.8, 4) is 5.75 Å². The second-order valence-electron chi connectivity index (χ2n) is 5.78. The van der Waals surface area contributed by atoms with Gasteiger partial charge >= 0.3 is 0 Å². The van der Waals surface area contributed by atoms with E-state index in [2.05, 4.69) is 26.1 Å². The molecular formula is C17H26FNO. The van der Waals surface area contributed by atoms with Gasteiger partial charge in [0.1, 0.15) is 6.10 Å². The molecule has 0 bridgehead atoms. The van der Waals surface area contributed by atoms with Gasteiger partial charge in [0.05, 0.1) is 0 Å². The summed E-state index contributed by atoms with van der Waals surface area (Å²) in [6.07, 6.45) is 3.18. The van der Waals surface area contributed by atoms with Crippen LogP contribution in [0.4, 0.5) is 4.39 Å². The predicted octanol–water partition coefficient (Wildman–Crippen LogP) is 4.07. The third kappa shape index (κ3) is 2.44. The molecule has 2 unspecified atom stereocenters. The van der Waals surface area contributed by atoms with Crippen molar-refractivity contribution in [3.05, 3.63) is 29.6 Å². The van der Waals surface area contributed by atoms with Gasteiger partial charge in [-0.3, -0.25) is 0 Å². The molecule has 1 aliphatic carbocycles. The quantitative estimate of drug-likeness (QED) is 0.847. The first-order valence-corrected chi connectivity index (χ1v) is 7.74. The second kappa shape index (κ2) is 6.13. The SMILES string of the molecule is CCNC1CC(Oc2cccc(C)c2F)C1(CC)CC. The molecule has 2 rings (SSSR count). The number of nitrogens with one attached hydrogen (secondary N) is 1. The molecule has 0 saturated heterocycles. The number of rotatable bonds is 6. The van der Waals surface area contributed by atoms with Gasteiger partial charge in [-0.05, 0) is 37.9 Å². The molecule has 0 amide bonds. The van der Waals surface area contributed by atoms with E-state index < -0.39 is 0 Å². The Kier molecular flexibility index (Phi) is 4.69. The summed E-state index contributed by atoms with van der Waals surface area (Å²) in [5, 5.41) is 3.54. The van der Waals surface area contributed by atoms with Crippen molar-refractivity contribution in [1.82, 2.24) is 5.32 Å². The van der Waals surface area contributed by atoms with E-state index in [0.717, 1.165) is 25.8 Å². The molecule has 20 heavy (non-hydrogen) atoms. The van der Waals surface area contributed by atoms with E-state index in [0.29, 0.717) is 17.4 Å². The standard InChI is InChI=1S/C17H26FNO/c1-5-17(6-2)14(19-7-3)11-15(17)20-13-10-8-9-12(4)16(13)18/h8-10,14-15,19H,5-7,11H2,1-4H3. The lowest BCUT2D eigenvalue weighted by molar-refractivity contribution is -0.0868. The summed E-state index contributed by atoms with van der Waals surface area (Å²) >= 11 is 0. The minimum atomic E-state index is -0.222. The first-order valence-electron chi connectivity index (χ1n) is 7.74. The van der Waals surface area contributed by atoms with Gasteiger partial charge in [0.15, 0.2) is 11.6 Å². The maximum Gasteiger partial charge on any atom is 0.167 e. The average Bonchev–Trinajstić information content (AvgIpc) is 2.44. The van der Waals surface area contributed by atoms with E-state index in [4.69, 9.17) is 4.74 Å². The van der Waals surface area contributed by atoms with Crippen molar-refractivity contribution in [1.29, 1.82) is 0 Å². The molecule has 0 aliphatic heterocycles. The highest BCUT2D eigenvalue weighted by atomic mass is 19.1. The Morgan fingerprint density at radius 3 is 2.60 bits per heavy atom. The summed E-state index contributed by atoms with van der Waals surface area (Å²) in [6, 6.07) is 5.85. The van der Waals surface area contributed by atoms with E-state index >= 15 is 0 Å². The summed E-state index contributed by atoms with van der Waals surface area (Å²) in [6.45, 7) is 9.28. The molecule has 2 atom stereocenters.